The fraction of sp³-hybridized carbons (Fsp3) is 0.269. The van der Waals surface area contributed by atoms with Gasteiger partial charge in [-0.05, 0) is 53.8 Å². The minimum Gasteiger partial charge on any atom is -0.267 e. The first-order chi connectivity index (χ1) is 15.4. The molecule has 32 heavy (non-hydrogen) atoms. The van der Waals surface area contributed by atoms with Crippen molar-refractivity contribution in [3.63, 3.8) is 0 Å². The number of benzene rings is 3. The van der Waals surface area contributed by atoms with E-state index in [2.05, 4.69) is 24.2 Å². The van der Waals surface area contributed by atoms with Crippen molar-refractivity contribution in [1.29, 1.82) is 0 Å². The lowest BCUT2D eigenvalue weighted by Crippen LogP contribution is -2.34. The molecular formula is C26H29N3O2S. The zero-order chi connectivity index (χ0) is 22.7. The average molecular weight is 448 g/mol. The predicted octanol–water partition coefficient (Wildman–Crippen LogP) is 5.50. The Morgan fingerprint density at radius 3 is 2.31 bits per heavy atom. The van der Waals surface area contributed by atoms with Crippen LogP contribution in [-0.4, -0.2) is 24.7 Å². The summed E-state index contributed by atoms with van der Waals surface area (Å²) < 4.78 is 30.7. The highest BCUT2D eigenvalue weighted by Crippen LogP contribution is 2.27. The molecule has 6 heteroatoms. The minimum absolute atomic E-state index is 0.188. The standard InChI is InChI=1S/C26H29N3O2S/c1-4-21-10-12-24(13-11-21)29(17-20(2)3)32(30,31)25-14-15-26-23(16-25)19-28(27-26)18-22-8-6-5-7-9-22/h5-16,19-20H,4,17-18H2,1-3H3. The van der Waals surface area contributed by atoms with Gasteiger partial charge in [0, 0.05) is 18.1 Å². The normalized spacial score (nSPS) is 11.9. The number of sulfonamides is 1. The minimum atomic E-state index is -3.71. The van der Waals surface area contributed by atoms with Gasteiger partial charge in [0.15, 0.2) is 0 Å². The largest absolute Gasteiger partial charge is 0.267 e. The van der Waals surface area contributed by atoms with E-state index in [4.69, 9.17) is 0 Å². The molecule has 0 amide bonds. The number of aromatic nitrogens is 2. The predicted molar refractivity (Wildman–Crippen MR) is 130 cm³/mol. The molecule has 0 radical (unpaired) electrons. The molecule has 3 aromatic carbocycles. The third-order valence-corrected chi connectivity index (χ3v) is 7.25. The molecule has 0 saturated carbocycles. The van der Waals surface area contributed by atoms with Gasteiger partial charge in [0.05, 0.1) is 22.6 Å². The third kappa shape index (κ3) is 4.70. The molecule has 0 saturated heterocycles. The molecule has 0 aliphatic heterocycles. The Hall–Kier alpha value is -3.12. The first kappa shape index (κ1) is 22.1. The number of fused-ring (bicyclic) bond motifs is 1. The van der Waals surface area contributed by atoms with Crippen LogP contribution in [0.15, 0.2) is 83.9 Å². The molecule has 0 aliphatic rings. The molecule has 5 nitrogen and oxygen atoms in total. The molecular weight excluding hydrogens is 418 g/mol. The van der Waals surface area contributed by atoms with E-state index in [1.165, 1.54) is 9.87 Å². The number of hydrogen-bond donors (Lipinski definition) is 0. The van der Waals surface area contributed by atoms with Crippen LogP contribution in [0.1, 0.15) is 31.9 Å². The van der Waals surface area contributed by atoms with Crippen LogP contribution in [0.2, 0.25) is 0 Å². The van der Waals surface area contributed by atoms with Gasteiger partial charge in [-0.1, -0.05) is 63.2 Å². The first-order valence-corrected chi connectivity index (χ1v) is 12.4. The highest BCUT2D eigenvalue weighted by atomic mass is 32.2. The van der Waals surface area contributed by atoms with Crippen molar-refractivity contribution in [3.05, 3.63) is 90.1 Å². The summed E-state index contributed by atoms with van der Waals surface area (Å²) in [5.74, 6) is 0.188. The fourth-order valence-corrected chi connectivity index (χ4v) is 5.43. The van der Waals surface area contributed by atoms with Crippen LogP contribution in [0.5, 0.6) is 0 Å². The molecule has 0 N–H and O–H groups in total. The van der Waals surface area contributed by atoms with Crippen molar-refractivity contribution < 1.29 is 8.42 Å². The van der Waals surface area contributed by atoms with Gasteiger partial charge >= 0.3 is 0 Å². The average Bonchev–Trinajstić information content (AvgIpc) is 3.19. The summed E-state index contributed by atoms with van der Waals surface area (Å²) in [6, 6.07) is 23.0. The zero-order valence-electron chi connectivity index (χ0n) is 18.8. The molecule has 4 aromatic rings. The molecule has 0 spiro atoms. The van der Waals surface area contributed by atoms with Gasteiger partial charge in [-0.25, -0.2) is 8.42 Å². The number of aryl methyl sites for hydroxylation is 1. The molecule has 0 aliphatic carbocycles. The SMILES string of the molecule is CCc1ccc(N(CC(C)C)S(=O)(=O)c2ccc3nn(Cc4ccccc4)cc3c2)cc1. The summed E-state index contributed by atoms with van der Waals surface area (Å²) >= 11 is 0. The van der Waals surface area contributed by atoms with Gasteiger partial charge in [0.2, 0.25) is 0 Å². The number of rotatable bonds is 8. The smallest absolute Gasteiger partial charge is 0.264 e. The second-order valence-corrected chi connectivity index (χ2v) is 10.3. The van der Waals surface area contributed by atoms with E-state index in [1.54, 1.807) is 18.2 Å². The monoisotopic (exact) mass is 447 g/mol. The van der Waals surface area contributed by atoms with Gasteiger partial charge < -0.3 is 0 Å². The summed E-state index contributed by atoms with van der Waals surface area (Å²) in [7, 11) is -3.71. The molecule has 0 fully saturated rings. The van der Waals surface area contributed by atoms with Crippen LogP contribution in [0, 0.1) is 5.92 Å². The van der Waals surface area contributed by atoms with Crippen LogP contribution in [0.4, 0.5) is 5.69 Å². The van der Waals surface area contributed by atoms with Crippen molar-refractivity contribution in [2.24, 2.45) is 5.92 Å². The van der Waals surface area contributed by atoms with Gasteiger partial charge in [-0.15, -0.1) is 0 Å². The molecule has 1 aromatic heterocycles. The lowest BCUT2D eigenvalue weighted by Gasteiger charge is -2.26. The van der Waals surface area contributed by atoms with Gasteiger partial charge in [-0.3, -0.25) is 8.99 Å². The Bertz CT molecular complexity index is 1290. The molecule has 0 bridgehead atoms. The van der Waals surface area contributed by atoms with E-state index >= 15 is 0 Å². The van der Waals surface area contributed by atoms with Crippen molar-refractivity contribution in [2.45, 2.75) is 38.6 Å². The second kappa shape index (κ2) is 9.17. The summed E-state index contributed by atoms with van der Waals surface area (Å²) in [6.45, 7) is 7.20. The lowest BCUT2D eigenvalue weighted by molar-refractivity contribution is 0.578. The maximum atomic E-state index is 13.7. The first-order valence-electron chi connectivity index (χ1n) is 11.0. The van der Waals surface area contributed by atoms with E-state index in [-0.39, 0.29) is 10.8 Å². The molecule has 0 atom stereocenters. The van der Waals surface area contributed by atoms with E-state index < -0.39 is 10.0 Å². The fourth-order valence-electron chi connectivity index (χ4n) is 3.77. The summed E-state index contributed by atoms with van der Waals surface area (Å²) in [5.41, 5.74) is 3.80. The van der Waals surface area contributed by atoms with E-state index in [0.29, 0.717) is 18.8 Å². The number of nitrogens with zero attached hydrogens (tertiary/aromatic N) is 3. The summed E-state index contributed by atoms with van der Waals surface area (Å²) in [6.07, 6.45) is 2.82. The van der Waals surface area contributed by atoms with Gasteiger partial charge in [0.25, 0.3) is 10.0 Å². The van der Waals surface area contributed by atoms with Gasteiger partial charge in [-0.2, -0.15) is 5.10 Å². The number of anilines is 1. The molecule has 4 rings (SSSR count). The van der Waals surface area contributed by atoms with Crippen molar-refractivity contribution in [1.82, 2.24) is 9.78 Å². The Morgan fingerprint density at radius 2 is 1.66 bits per heavy atom. The van der Waals surface area contributed by atoms with Crippen LogP contribution < -0.4 is 4.31 Å². The highest BCUT2D eigenvalue weighted by molar-refractivity contribution is 7.92. The van der Waals surface area contributed by atoms with Crippen LogP contribution in [0.3, 0.4) is 0 Å². The third-order valence-electron chi connectivity index (χ3n) is 5.46. The van der Waals surface area contributed by atoms with Crippen molar-refractivity contribution in [2.75, 3.05) is 10.8 Å². The van der Waals surface area contributed by atoms with Crippen LogP contribution in [0.25, 0.3) is 10.9 Å². The summed E-state index contributed by atoms with van der Waals surface area (Å²) in [4.78, 5) is 0.282. The van der Waals surface area contributed by atoms with E-state index in [0.717, 1.165) is 22.9 Å². The maximum absolute atomic E-state index is 13.7. The van der Waals surface area contributed by atoms with E-state index in [1.807, 2.05) is 67.2 Å². The summed E-state index contributed by atoms with van der Waals surface area (Å²) in [5, 5.41) is 5.42. The molecule has 166 valence electrons. The molecule has 1 heterocycles. The van der Waals surface area contributed by atoms with Crippen molar-refractivity contribution >= 4 is 26.6 Å². The Labute approximate surface area is 190 Å². The van der Waals surface area contributed by atoms with Crippen LogP contribution in [-0.2, 0) is 23.0 Å². The quantitative estimate of drug-likeness (QED) is 0.358. The number of hydrogen-bond acceptors (Lipinski definition) is 3. The van der Waals surface area contributed by atoms with Crippen LogP contribution >= 0.6 is 0 Å². The maximum Gasteiger partial charge on any atom is 0.264 e. The van der Waals surface area contributed by atoms with Gasteiger partial charge in [0.1, 0.15) is 0 Å². The Balaban J connectivity index is 1.69. The Kier molecular flexibility index (Phi) is 6.33. The molecule has 0 unspecified atom stereocenters. The lowest BCUT2D eigenvalue weighted by atomic mass is 10.1. The highest BCUT2D eigenvalue weighted by Gasteiger charge is 2.26. The zero-order valence-corrected chi connectivity index (χ0v) is 19.6. The second-order valence-electron chi connectivity index (χ2n) is 8.48. The van der Waals surface area contributed by atoms with Crippen molar-refractivity contribution in [3.8, 4) is 0 Å². The topological polar surface area (TPSA) is 55.2 Å². The Morgan fingerprint density at radius 1 is 0.938 bits per heavy atom. The van der Waals surface area contributed by atoms with E-state index in [9.17, 15) is 8.42 Å².